The number of nitrogens with one attached hydrogen (secondary N) is 1. The van der Waals surface area contributed by atoms with Gasteiger partial charge in [-0.2, -0.15) is 0 Å². The van der Waals surface area contributed by atoms with Crippen LogP contribution in [0.3, 0.4) is 0 Å². The molecule has 4 heteroatoms. The Balaban J connectivity index is 1.55. The van der Waals surface area contributed by atoms with Gasteiger partial charge in [0.2, 0.25) is 5.91 Å². The first-order valence-electron chi connectivity index (χ1n) is 9.57. The van der Waals surface area contributed by atoms with Gasteiger partial charge in [-0.3, -0.25) is 14.5 Å². The first kappa shape index (κ1) is 18.2. The van der Waals surface area contributed by atoms with Crippen LogP contribution in [0.25, 0.3) is 10.8 Å². The number of carbonyl (C=O) groups excluding carboxylic acids is 2. The first-order chi connectivity index (χ1) is 13.4. The third-order valence-electron chi connectivity index (χ3n) is 5.68. The molecule has 1 atom stereocenters. The highest BCUT2D eigenvalue weighted by Crippen LogP contribution is 2.36. The molecule has 0 spiro atoms. The zero-order valence-corrected chi connectivity index (χ0v) is 16.7. The first-order valence-corrected chi connectivity index (χ1v) is 9.57. The fraction of sp³-hybridized carbons (Fsp3) is 0.250. The van der Waals surface area contributed by atoms with Gasteiger partial charge in [0.1, 0.15) is 6.54 Å². The minimum absolute atomic E-state index is 0.0147. The number of hydrogen-bond acceptors (Lipinski definition) is 2. The van der Waals surface area contributed by atoms with Gasteiger partial charge in [0.25, 0.3) is 5.91 Å². The van der Waals surface area contributed by atoms with E-state index in [1.807, 2.05) is 43.3 Å². The van der Waals surface area contributed by atoms with Crippen LogP contribution in [0.5, 0.6) is 0 Å². The van der Waals surface area contributed by atoms with Crippen molar-refractivity contribution in [2.45, 2.75) is 33.7 Å². The van der Waals surface area contributed by atoms with Crippen LogP contribution in [0.15, 0.2) is 48.5 Å². The third kappa shape index (κ3) is 2.95. The normalized spacial score (nSPS) is 13.9. The second-order valence-corrected chi connectivity index (χ2v) is 7.65. The van der Waals surface area contributed by atoms with Crippen molar-refractivity contribution in [2.75, 3.05) is 11.4 Å². The lowest BCUT2D eigenvalue weighted by Crippen LogP contribution is -2.40. The molecule has 0 saturated heterocycles. The van der Waals surface area contributed by atoms with E-state index in [2.05, 4.69) is 38.2 Å². The summed E-state index contributed by atoms with van der Waals surface area (Å²) < 4.78 is 0. The van der Waals surface area contributed by atoms with E-state index in [0.29, 0.717) is 5.56 Å². The summed E-state index contributed by atoms with van der Waals surface area (Å²) in [6, 6.07) is 15.7. The summed E-state index contributed by atoms with van der Waals surface area (Å²) in [6.07, 6.45) is 0. The molecule has 0 aliphatic carbocycles. The van der Waals surface area contributed by atoms with Crippen LogP contribution in [0.2, 0.25) is 0 Å². The molecule has 1 N–H and O–H groups in total. The zero-order chi connectivity index (χ0) is 20.0. The van der Waals surface area contributed by atoms with Gasteiger partial charge in [-0.25, -0.2) is 0 Å². The van der Waals surface area contributed by atoms with E-state index >= 15 is 0 Å². The lowest BCUT2D eigenvalue weighted by Gasteiger charge is -2.21. The molecule has 0 aromatic heterocycles. The largest absolute Gasteiger partial charge is 0.348 e. The summed E-state index contributed by atoms with van der Waals surface area (Å²) >= 11 is 0. The van der Waals surface area contributed by atoms with Crippen LogP contribution in [-0.4, -0.2) is 18.4 Å². The van der Waals surface area contributed by atoms with Crippen molar-refractivity contribution in [1.82, 2.24) is 5.32 Å². The number of rotatable bonds is 4. The van der Waals surface area contributed by atoms with E-state index in [0.717, 1.165) is 27.6 Å². The molecule has 0 radical (unpaired) electrons. The molecule has 3 aromatic rings. The van der Waals surface area contributed by atoms with Gasteiger partial charge >= 0.3 is 0 Å². The Bertz CT molecular complexity index is 1110. The van der Waals surface area contributed by atoms with Crippen LogP contribution in [0.1, 0.15) is 45.6 Å². The fourth-order valence-corrected chi connectivity index (χ4v) is 4.09. The average Bonchev–Trinajstić information content (AvgIpc) is 2.92. The van der Waals surface area contributed by atoms with Crippen LogP contribution >= 0.6 is 0 Å². The Labute approximate surface area is 165 Å². The summed E-state index contributed by atoms with van der Waals surface area (Å²) in [6.45, 7) is 8.23. The molecular formula is C24H24N2O2. The van der Waals surface area contributed by atoms with Gasteiger partial charge in [-0.1, -0.05) is 36.4 Å². The van der Waals surface area contributed by atoms with Gasteiger partial charge in [-0.15, -0.1) is 0 Å². The highest BCUT2D eigenvalue weighted by Gasteiger charge is 2.31. The zero-order valence-electron chi connectivity index (χ0n) is 16.7. The molecule has 0 bridgehead atoms. The van der Waals surface area contributed by atoms with Crippen molar-refractivity contribution in [3.05, 3.63) is 76.3 Å². The van der Waals surface area contributed by atoms with Crippen molar-refractivity contribution in [1.29, 1.82) is 0 Å². The van der Waals surface area contributed by atoms with Gasteiger partial charge in [-0.05, 0) is 67.5 Å². The molecule has 4 rings (SSSR count). The summed E-state index contributed by atoms with van der Waals surface area (Å²) in [7, 11) is 0. The molecular weight excluding hydrogens is 348 g/mol. The maximum absolute atomic E-state index is 12.9. The van der Waals surface area contributed by atoms with Gasteiger partial charge in [0, 0.05) is 10.9 Å². The smallest absolute Gasteiger partial charge is 0.259 e. The number of amides is 2. The number of carbonyl (C=O) groups is 2. The van der Waals surface area contributed by atoms with Crippen LogP contribution < -0.4 is 10.2 Å². The SMILES string of the molecule is Cc1cc(C)c([C@H](C)NC(=O)CN2C(=O)c3cccc4cccc2c34)cc1C. The van der Waals surface area contributed by atoms with Gasteiger partial charge in [0.05, 0.1) is 11.7 Å². The molecule has 2 amide bonds. The fourth-order valence-electron chi connectivity index (χ4n) is 4.09. The number of nitrogens with zero attached hydrogens (tertiary/aromatic N) is 1. The molecule has 0 fully saturated rings. The van der Waals surface area contributed by atoms with Crippen molar-refractivity contribution in [3.8, 4) is 0 Å². The van der Waals surface area contributed by atoms with E-state index in [-0.39, 0.29) is 24.4 Å². The summed E-state index contributed by atoms with van der Waals surface area (Å²) in [5.74, 6) is -0.278. The van der Waals surface area contributed by atoms with E-state index in [9.17, 15) is 9.59 Å². The number of benzene rings is 3. The minimum Gasteiger partial charge on any atom is -0.348 e. The molecule has 1 aliphatic heterocycles. The van der Waals surface area contributed by atoms with Crippen molar-refractivity contribution in [2.24, 2.45) is 0 Å². The van der Waals surface area contributed by atoms with Gasteiger partial charge in [0.15, 0.2) is 0 Å². The van der Waals surface area contributed by atoms with Crippen molar-refractivity contribution in [3.63, 3.8) is 0 Å². The van der Waals surface area contributed by atoms with E-state index in [1.165, 1.54) is 11.1 Å². The second-order valence-electron chi connectivity index (χ2n) is 7.65. The number of hydrogen-bond donors (Lipinski definition) is 1. The topological polar surface area (TPSA) is 49.4 Å². The molecule has 4 nitrogen and oxygen atoms in total. The lowest BCUT2D eigenvalue weighted by atomic mass is 9.96. The summed E-state index contributed by atoms with van der Waals surface area (Å²) in [5.41, 5.74) is 6.19. The Kier molecular flexibility index (Phi) is 4.42. The standard InChI is InChI=1S/C24H24N2O2/c1-14-11-16(3)20(12-15(14)2)17(4)25-22(27)13-26-21-10-6-8-18-7-5-9-19(23(18)21)24(26)28/h5-12,17H,13H2,1-4H3,(H,25,27)/t17-/m0/s1. The average molecular weight is 372 g/mol. The second kappa shape index (κ2) is 6.79. The molecule has 0 unspecified atom stereocenters. The molecule has 142 valence electrons. The molecule has 1 heterocycles. The van der Waals surface area contributed by atoms with E-state index in [4.69, 9.17) is 0 Å². The highest BCUT2D eigenvalue weighted by molar-refractivity contribution is 6.26. The Morgan fingerprint density at radius 2 is 1.68 bits per heavy atom. The highest BCUT2D eigenvalue weighted by atomic mass is 16.2. The number of anilines is 1. The van der Waals surface area contributed by atoms with E-state index in [1.54, 1.807) is 4.90 Å². The lowest BCUT2D eigenvalue weighted by molar-refractivity contribution is -0.120. The predicted molar refractivity (Wildman–Crippen MR) is 113 cm³/mol. The maximum Gasteiger partial charge on any atom is 0.259 e. The molecule has 28 heavy (non-hydrogen) atoms. The Hall–Kier alpha value is -3.14. The molecule has 3 aromatic carbocycles. The van der Waals surface area contributed by atoms with Crippen molar-refractivity contribution < 1.29 is 9.59 Å². The van der Waals surface area contributed by atoms with Gasteiger partial charge < -0.3 is 5.32 Å². The molecule has 1 aliphatic rings. The summed E-state index contributed by atoms with van der Waals surface area (Å²) in [5, 5.41) is 5.01. The van der Waals surface area contributed by atoms with Crippen LogP contribution in [0, 0.1) is 20.8 Å². The Morgan fingerprint density at radius 3 is 2.43 bits per heavy atom. The third-order valence-corrected chi connectivity index (χ3v) is 5.68. The maximum atomic E-state index is 12.9. The predicted octanol–water partition coefficient (Wildman–Crippen LogP) is 4.60. The molecule has 0 saturated carbocycles. The Morgan fingerprint density at radius 1 is 1.00 bits per heavy atom. The van der Waals surface area contributed by atoms with Crippen LogP contribution in [-0.2, 0) is 4.79 Å². The number of aryl methyl sites for hydroxylation is 3. The van der Waals surface area contributed by atoms with Crippen molar-refractivity contribution >= 4 is 28.3 Å². The van der Waals surface area contributed by atoms with E-state index < -0.39 is 0 Å². The quantitative estimate of drug-likeness (QED) is 0.727. The van der Waals surface area contributed by atoms with Crippen LogP contribution in [0.4, 0.5) is 5.69 Å². The summed E-state index contributed by atoms with van der Waals surface area (Å²) in [4.78, 5) is 27.2. The minimum atomic E-state index is -0.164. The monoisotopic (exact) mass is 372 g/mol.